The van der Waals surface area contributed by atoms with Gasteiger partial charge in [-0.2, -0.15) is 0 Å². The number of ether oxygens (including phenoxy) is 2. The fraction of sp³-hybridized carbons (Fsp3) is 0.923. The van der Waals surface area contributed by atoms with Crippen LogP contribution in [0.4, 0.5) is 0 Å². The lowest BCUT2D eigenvalue weighted by Crippen LogP contribution is -2.34. The molecule has 2 saturated heterocycles. The first-order chi connectivity index (χ1) is 8.34. The van der Waals surface area contributed by atoms with E-state index in [0.29, 0.717) is 25.0 Å². The highest BCUT2D eigenvalue weighted by atomic mass is 16.5. The third-order valence-corrected chi connectivity index (χ3v) is 3.61. The van der Waals surface area contributed by atoms with E-state index in [1.54, 1.807) is 0 Å². The van der Waals surface area contributed by atoms with Gasteiger partial charge < -0.3 is 14.8 Å². The van der Waals surface area contributed by atoms with Crippen molar-refractivity contribution in [3.05, 3.63) is 0 Å². The van der Waals surface area contributed by atoms with Gasteiger partial charge >= 0.3 is 5.97 Å². The zero-order chi connectivity index (χ0) is 11.9. The van der Waals surface area contributed by atoms with Crippen molar-refractivity contribution in [1.82, 2.24) is 5.32 Å². The van der Waals surface area contributed by atoms with Crippen LogP contribution in [0.25, 0.3) is 0 Å². The van der Waals surface area contributed by atoms with Crippen molar-refractivity contribution < 1.29 is 14.3 Å². The summed E-state index contributed by atoms with van der Waals surface area (Å²) >= 11 is 0. The van der Waals surface area contributed by atoms with Crippen LogP contribution in [-0.2, 0) is 14.3 Å². The maximum Gasteiger partial charge on any atom is 0.305 e. The molecule has 17 heavy (non-hydrogen) atoms. The van der Waals surface area contributed by atoms with Crippen LogP contribution in [0, 0.1) is 5.92 Å². The van der Waals surface area contributed by atoms with Crippen LogP contribution in [0.15, 0.2) is 0 Å². The van der Waals surface area contributed by atoms with Crippen LogP contribution in [0.1, 0.15) is 38.5 Å². The quantitative estimate of drug-likeness (QED) is 0.741. The average Bonchev–Trinajstić information content (AvgIpc) is 2.88. The molecule has 1 N–H and O–H groups in total. The van der Waals surface area contributed by atoms with Crippen LogP contribution in [0.5, 0.6) is 0 Å². The summed E-state index contributed by atoms with van der Waals surface area (Å²) in [6.07, 6.45) is 6.24. The zero-order valence-corrected chi connectivity index (χ0v) is 10.5. The van der Waals surface area contributed by atoms with E-state index in [-0.39, 0.29) is 5.97 Å². The predicted molar refractivity (Wildman–Crippen MR) is 64.8 cm³/mol. The zero-order valence-electron chi connectivity index (χ0n) is 10.5. The van der Waals surface area contributed by atoms with Gasteiger partial charge in [-0.25, -0.2) is 0 Å². The molecule has 0 aliphatic carbocycles. The van der Waals surface area contributed by atoms with Crippen molar-refractivity contribution in [2.24, 2.45) is 5.92 Å². The maximum absolute atomic E-state index is 11.6. The predicted octanol–water partition coefficient (Wildman–Crippen LogP) is 1.49. The third-order valence-electron chi connectivity index (χ3n) is 3.61. The van der Waals surface area contributed by atoms with Crippen LogP contribution in [0.3, 0.4) is 0 Å². The van der Waals surface area contributed by atoms with E-state index in [1.165, 1.54) is 19.3 Å². The Balaban J connectivity index is 1.53. The summed E-state index contributed by atoms with van der Waals surface area (Å²) in [5.74, 6) is 0.371. The third kappa shape index (κ3) is 4.64. The molecule has 0 radical (unpaired) electrons. The Morgan fingerprint density at radius 2 is 2.29 bits per heavy atom. The molecule has 2 heterocycles. The molecule has 0 bridgehead atoms. The fourth-order valence-electron chi connectivity index (χ4n) is 2.46. The minimum Gasteiger partial charge on any atom is -0.465 e. The molecule has 0 aromatic carbocycles. The van der Waals surface area contributed by atoms with E-state index in [1.807, 2.05) is 0 Å². The van der Waals surface area contributed by atoms with Gasteiger partial charge in [0.15, 0.2) is 0 Å². The van der Waals surface area contributed by atoms with E-state index in [4.69, 9.17) is 9.47 Å². The molecule has 4 nitrogen and oxygen atoms in total. The first kappa shape index (κ1) is 12.8. The Morgan fingerprint density at radius 1 is 1.35 bits per heavy atom. The lowest BCUT2D eigenvalue weighted by atomic mass is 10.0. The summed E-state index contributed by atoms with van der Waals surface area (Å²) in [6, 6.07) is 0.520. The minimum atomic E-state index is -0.0516. The van der Waals surface area contributed by atoms with E-state index in [0.717, 1.165) is 32.6 Å². The molecule has 2 aliphatic heterocycles. The second kappa shape index (κ2) is 6.97. The van der Waals surface area contributed by atoms with E-state index < -0.39 is 0 Å². The number of rotatable bonds is 5. The van der Waals surface area contributed by atoms with Gasteiger partial charge in [-0.15, -0.1) is 0 Å². The van der Waals surface area contributed by atoms with Gasteiger partial charge in [0.25, 0.3) is 0 Å². The molecule has 2 unspecified atom stereocenters. The van der Waals surface area contributed by atoms with Gasteiger partial charge in [-0.3, -0.25) is 4.79 Å². The fourth-order valence-corrected chi connectivity index (χ4v) is 2.46. The van der Waals surface area contributed by atoms with Crippen molar-refractivity contribution in [2.75, 3.05) is 26.4 Å². The highest BCUT2D eigenvalue weighted by Crippen LogP contribution is 2.14. The van der Waals surface area contributed by atoms with Crippen molar-refractivity contribution in [3.63, 3.8) is 0 Å². The maximum atomic E-state index is 11.6. The molecular formula is C13H23NO3. The van der Waals surface area contributed by atoms with Gasteiger partial charge in [-0.1, -0.05) is 6.42 Å². The number of nitrogens with one attached hydrogen (secondary N) is 1. The van der Waals surface area contributed by atoms with E-state index in [9.17, 15) is 4.79 Å². The standard InChI is InChI=1S/C13H23NO3/c15-13(17-10-11-6-8-16-9-11)5-4-12-3-1-2-7-14-12/h11-12,14H,1-10H2. The number of carbonyl (C=O) groups is 1. The molecule has 2 fully saturated rings. The van der Waals surface area contributed by atoms with Crippen molar-refractivity contribution in [2.45, 2.75) is 44.6 Å². The number of piperidine rings is 1. The molecule has 0 aromatic heterocycles. The lowest BCUT2D eigenvalue weighted by Gasteiger charge is -2.22. The molecular weight excluding hydrogens is 218 g/mol. The Bertz CT molecular complexity index is 233. The van der Waals surface area contributed by atoms with Crippen LogP contribution in [0.2, 0.25) is 0 Å². The monoisotopic (exact) mass is 241 g/mol. The van der Waals surface area contributed by atoms with E-state index in [2.05, 4.69) is 5.32 Å². The summed E-state index contributed by atoms with van der Waals surface area (Å²) < 4.78 is 10.5. The molecule has 2 rings (SSSR count). The molecule has 4 heteroatoms. The van der Waals surface area contributed by atoms with Crippen molar-refractivity contribution in [1.29, 1.82) is 0 Å². The largest absolute Gasteiger partial charge is 0.465 e. The molecule has 98 valence electrons. The van der Waals surface area contributed by atoms with Crippen molar-refractivity contribution in [3.8, 4) is 0 Å². The Labute approximate surface area is 103 Å². The van der Waals surface area contributed by atoms with Gasteiger partial charge in [0.2, 0.25) is 0 Å². The van der Waals surface area contributed by atoms with Gasteiger partial charge in [-0.05, 0) is 32.2 Å². The topological polar surface area (TPSA) is 47.6 Å². The highest BCUT2D eigenvalue weighted by Gasteiger charge is 2.18. The summed E-state index contributed by atoms with van der Waals surface area (Å²) in [5, 5.41) is 3.44. The number of carbonyl (C=O) groups excluding carboxylic acids is 1. The number of hydrogen-bond donors (Lipinski definition) is 1. The summed E-state index contributed by atoms with van der Waals surface area (Å²) in [7, 11) is 0. The summed E-state index contributed by atoms with van der Waals surface area (Å²) in [6.45, 7) is 3.20. The second-order valence-electron chi connectivity index (χ2n) is 5.10. The molecule has 2 aliphatic rings. The minimum absolute atomic E-state index is 0.0516. The number of hydrogen-bond acceptors (Lipinski definition) is 4. The lowest BCUT2D eigenvalue weighted by molar-refractivity contribution is -0.145. The van der Waals surface area contributed by atoms with E-state index >= 15 is 0 Å². The summed E-state index contributed by atoms with van der Waals surface area (Å²) in [4.78, 5) is 11.6. The Morgan fingerprint density at radius 3 is 3.00 bits per heavy atom. The first-order valence-corrected chi connectivity index (χ1v) is 6.81. The average molecular weight is 241 g/mol. The highest BCUT2D eigenvalue weighted by molar-refractivity contribution is 5.69. The van der Waals surface area contributed by atoms with Crippen molar-refractivity contribution >= 4 is 5.97 Å². The number of esters is 1. The van der Waals surface area contributed by atoms with Crippen LogP contribution >= 0.6 is 0 Å². The SMILES string of the molecule is O=C(CCC1CCCCN1)OCC1CCOC1. The Kier molecular flexibility index (Phi) is 5.26. The first-order valence-electron chi connectivity index (χ1n) is 6.81. The molecule has 0 aromatic rings. The normalized spacial score (nSPS) is 29.2. The molecule has 0 saturated carbocycles. The van der Waals surface area contributed by atoms with Crippen LogP contribution in [-0.4, -0.2) is 38.4 Å². The van der Waals surface area contributed by atoms with Gasteiger partial charge in [0.1, 0.15) is 0 Å². The molecule has 2 atom stereocenters. The molecule has 0 amide bonds. The summed E-state index contributed by atoms with van der Waals surface area (Å²) in [5.41, 5.74) is 0. The smallest absolute Gasteiger partial charge is 0.305 e. The second-order valence-corrected chi connectivity index (χ2v) is 5.10. The Hall–Kier alpha value is -0.610. The molecule has 0 spiro atoms. The van der Waals surface area contributed by atoms with Crippen LogP contribution < -0.4 is 5.32 Å². The van der Waals surface area contributed by atoms with Gasteiger partial charge in [0.05, 0.1) is 13.2 Å². The van der Waals surface area contributed by atoms with Gasteiger partial charge in [0, 0.05) is 25.0 Å².